The largest absolute Gasteiger partial charge is 0.507 e. The van der Waals surface area contributed by atoms with Gasteiger partial charge in [-0.3, -0.25) is 0 Å². The van der Waals surface area contributed by atoms with Gasteiger partial charge in [0.05, 0.1) is 0 Å². The summed E-state index contributed by atoms with van der Waals surface area (Å²) in [5, 5.41) is 12.8. The summed E-state index contributed by atoms with van der Waals surface area (Å²) in [6.07, 6.45) is 6.20. The van der Waals surface area contributed by atoms with Crippen molar-refractivity contribution in [2.45, 2.75) is 25.7 Å². The van der Waals surface area contributed by atoms with Crippen molar-refractivity contribution >= 4 is 16.8 Å². The monoisotopic (exact) mass is 378 g/mol. The van der Waals surface area contributed by atoms with E-state index in [2.05, 4.69) is 78.9 Å². The molecule has 1 N–H and O–H groups in total. The molecule has 0 unspecified atom stereocenters. The second kappa shape index (κ2) is 9.25. The third-order valence-electron chi connectivity index (χ3n) is 5.45. The fourth-order valence-corrected chi connectivity index (χ4v) is 3.81. The fraction of sp³-hybridized carbons (Fsp3) is 0.143. The van der Waals surface area contributed by atoms with Crippen LogP contribution in [-0.4, -0.2) is 5.11 Å². The van der Waals surface area contributed by atoms with E-state index in [1.54, 1.807) is 6.07 Å². The normalized spacial score (nSPS) is 10.8. The number of hydrogen-bond acceptors (Lipinski definition) is 1. The van der Waals surface area contributed by atoms with Gasteiger partial charge in [-0.25, -0.2) is 0 Å². The van der Waals surface area contributed by atoms with Crippen molar-refractivity contribution in [2.75, 3.05) is 0 Å². The van der Waals surface area contributed by atoms with Crippen LogP contribution in [0.1, 0.15) is 29.5 Å². The molecule has 0 aliphatic rings. The second-order valence-corrected chi connectivity index (χ2v) is 7.49. The van der Waals surface area contributed by atoms with Gasteiger partial charge in [0, 0.05) is 5.56 Å². The van der Waals surface area contributed by atoms with Crippen LogP contribution in [0, 0.1) is 0 Å². The minimum absolute atomic E-state index is 0.348. The topological polar surface area (TPSA) is 20.2 Å². The van der Waals surface area contributed by atoms with Gasteiger partial charge in [-0.15, -0.1) is 0 Å². The molecule has 0 aromatic heterocycles. The number of phenolic OH excluding ortho intramolecular Hbond substituents is 1. The minimum atomic E-state index is 0.348. The molecule has 1 heteroatoms. The number of allylic oxidation sites excluding steroid dienone is 1. The molecule has 0 saturated heterocycles. The molecule has 0 fully saturated rings. The van der Waals surface area contributed by atoms with E-state index in [9.17, 15) is 5.11 Å². The van der Waals surface area contributed by atoms with Gasteiger partial charge in [0.1, 0.15) is 5.75 Å². The lowest BCUT2D eigenvalue weighted by Gasteiger charge is -2.11. The molecule has 4 rings (SSSR count). The first-order valence-corrected chi connectivity index (χ1v) is 10.3. The first-order valence-electron chi connectivity index (χ1n) is 10.3. The highest BCUT2D eigenvalue weighted by molar-refractivity contribution is 5.93. The van der Waals surface area contributed by atoms with E-state index in [1.165, 1.54) is 16.7 Å². The Balaban J connectivity index is 1.64. The Labute approximate surface area is 173 Å². The average molecular weight is 379 g/mol. The summed E-state index contributed by atoms with van der Waals surface area (Å²) in [4.78, 5) is 0. The van der Waals surface area contributed by atoms with E-state index in [0.29, 0.717) is 5.75 Å². The molecule has 0 amide bonds. The van der Waals surface area contributed by atoms with Crippen LogP contribution in [0.15, 0.2) is 103 Å². The number of rotatable bonds is 7. The average Bonchev–Trinajstić information content (AvgIpc) is 2.78. The summed E-state index contributed by atoms with van der Waals surface area (Å²) >= 11 is 0. The molecule has 1 nitrogen and oxygen atoms in total. The number of aryl methyl sites for hydroxylation is 2. The summed E-state index contributed by atoms with van der Waals surface area (Å²) in [6, 6.07) is 33.3. The van der Waals surface area contributed by atoms with Gasteiger partial charge < -0.3 is 5.11 Å². The Morgan fingerprint density at radius 2 is 1.17 bits per heavy atom. The lowest BCUT2D eigenvalue weighted by molar-refractivity contribution is 0.475. The van der Waals surface area contributed by atoms with E-state index in [-0.39, 0.29) is 0 Å². The number of aromatic hydroxyl groups is 1. The van der Waals surface area contributed by atoms with Crippen LogP contribution >= 0.6 is 0 Å². The number of fused-ring (bicyclic) bond motifs is 1. The maximum absolute atomic E-state index is 10.6. The van der Waals surface area contributed by atoms with Crippen LogP contribution in [0.25, 0.3) is 16.8 Å². The first-order chi connectivity index (χ1) is 14.3. The zero-order valence-electron chi connectivity index (χ0n) is 16.6. The van der Waals surface area contributed by atoms with Crippen molar-refractivity contribution < 1.29 is 5.11 Å². The van der Waals surface area contributed by atoms with Crippen molar-refractivity contribution in [3.8, 4) is 5.75 Å². The molecule has 0 atom stereocenters. The van der Waals surface area contributed by atoms with Crippen molar-refractivity contribution in [2.24, 2.45) is 0 Å². The Hall–Kier alpha value is -3.32. The zero-order chi connectivity index (χ0) is 19.9. The molecule has 0 heterocycles. The van der Waals surface area contributed by atoms with Gasteiger partial charge in [-0.1, -0.05) is 103 Å². The van der Waals surface area contributed by atoms with Crippen LogP contribution in [0.4, 0.5) is 0 Å². The molecule has 29 heavy (non-hydrogen) atoms. The van der Waals surface area contributed by atoms with Crippen molar-refractivity contribution in [1.29, 1.82) is 0 Å². The van der Waals surface area contributed by atoms with Crippen LogP contribution in [0.5, 0.6) is 5.75 Å². The highest BCUT2D eigenvalue weighted by Gasteiger charge is 2.08. The van der Waals surface area contributed by atoms with Gasteiger partial charge in [-0.2, -0.15) is 0 Å². The zero-order valence-corrected chi connectivity index (χ0v) is 16.6. The predicted octanol–water partition coefficient (Wildman–Crippen LogP) is 7.19. The van der Waals surface area contributed by atoms with Gasteiger partial charge in [-0.05, 0) is 53.6 Å². The van der Waals surface area contributed by atoms with Gasteiger partial charge in [0.25, 0.3) is 0 Å². The Morgan fingerprint density at radius 3 is 1.79 bits per heavy atom. The third-order valence-corrected chi connectivity index (χ3v) is 5.45. The first kappa shape index (κ1) is 19.0. The van der Waals surface area contributed by atoms with E-state index < -0.39 is 0 Å². The minimum Gasteiger partial charge on any atom is -0.507 e. The molecular weight excluding hydrogens is 352 g/mol. The number of benzene rings is 4. The fourth-order valence-electron chi connectivity index (χ4n) is 3.81. The van der Waals surface area contributed by atoms with Gasteiger partial charge in [0.2, 0.25) is 0 Å². The van der Waals surface area contributed by atoms with E-state index >= 15 is 0 Å². The van der Waals surface area contributed by atoms with Crippen molar-refractivity contribution in [3.63, 3.8) is 0 Å². The van der Waals surface area contributed by atoms with Crippen LogP contribution in [-0.2, 0) is 12.8 Å². The Bertz CT molecular complexity index is 1050. The molecule has 4 aromatic carbocycles. The molecule has 0 radical (unpaired) electrons. The summed E-state index contributed by atoms with van der Waals surface area (Å²) in [7, 11) is 0. The number of phenols is 1. The molecule has 4 aromatic rings. The van der Waals surface area contributed by atoms with E-state index in [0.717, 1.165) is 42.0 Å². The molecule has 144 valence electrons. The molecule has 0 saturated carbocycles. The highest BCUT2D eigenvalue weighted by Crippen LogP contribution is 2.31. The third kappa shape index (κ3) is 4.94. The second-order valence-electron chi connectivity index (χ2n) is 7.49. The van der Waals surface area contributed by atoms with Crippen LogP contribution < -0.4 is 0 Å². The molecule has 0 bridgehead atoms. The Kier molecular flexibility index (Phi) is 6.07. The lowest BCUT2D eigenvalue weighted by atomic mass is 9.94. The number of hydrogen-bond donors (Lipinski definition) is 1. The summed E-state index contributed by atoms with van der Waals surface area (Å²) < 4.78 is 0. The van der Waals surface area contributed by atoms with Crippen molar-refractivity contribution in [3.05, 3.63) is 119 Å². The molecule has 0 aliphatic carbocycles. The summed E-state index contributed by atoms with van der Waals surface area (Å²) in [6.45, 7) is 0. The Morgan fingerprint density at radius 1 is 0.621 bits per heavy atom. The maximum atomic E-state index is 10.6. The smallest absolute Gasteiger partial charge is 0.123 e. The van der Waals surface area contributed by atoms with Gasteiger partial charge >= 0.3 is 0 Å². The molecular formula is C28H26O. The SMILES string of the molecule is Oc1ccc2ccccc2c1C=C(CCc1ccccc1)CCc1ccccc1. The standard InChI is InChI=1S/C28H26O/c29-28-20-19-25-13-7-8-14-26(25)27(28)21-24(17-15-22-9-3-1-4-10-22)18-16-23-11-5-2-6-12-23/h1-14,19-21,29H,15-18H2. The van der Waals surface area contributed by atoms with Crippen LogP contribution in [0.2, 0.25) is 0 Å². The van der Waals surface area contributed by atoms with E-state index in [4.69, 9.17) is 0 Å². The lowest BCUT2D eigenvalue weighted by Crippen LogP contribution is -1.94. The van der Waals surface area contributed by atoms with Crippen LogP contribution in [0.3, 0.4) is 0 Å². The highest BCUT2D eigenvalue weighted by atomic mass is 16.3. The quantitative estimate of drug-likeness (QED) is 0.361. The molecule has 0 aliphatic heterocycles. The summed E-state index contributed by atoms with van der Waals surface area (Å²) in [5.74, 6) is 0.348. The van der Waals surface area contributed by atoms with E-state index in [1.807, 2.05) is 18.2 Å². The van der Waals surface area contributed by atoms with Crippen molar-refractivity contribution in [1.82, 2.24) is 0 Å². The van der Waals surface area contributed by atoms with Gasteiger partial charge in [0.15, 0.2) is 0 Å². The predicted molar refractivity (Wildman–Crippen MR) is 123 cm³/mol. The summed E-state index contributed by atoms with van der Waals surface area (Å²) in [5.41, 5.74) is 4.99. The maximum Gasteiger partial charge on any atom is 0.123 e. The molecule has 0 spiro atoms.